The molecule has 3 heteroatoms. The largest absolute Gasteiger partial charge is 0.463 e. The van der Waals surface area contributed by atoms with Crippen molar-refractivity contribution in [1.82, 2.24) is 0 Å². The third kappa shape index (κ3) is 1.64. The van der Waals surface area contributed by atoms with Crippen molar-refractivity contribution in [3.8, 4) is 0 Å². The maximum atomic E-state index is 13.1. The van der Waals surface area contributed by atoms with Gasteiger partial charge < -0.3 is 8.83 Å². The highest BCUT2D eigenvalue weighted by molar-refractivity contribution is 6.23. The first-order valence-corrected chi connectivity index (χ1v) is 7.90. The molecular formula is C21H14O3. The van der Waals surface area contributed by atoms with Crippen molar-refractivity contribution < 1.29 is 8.83 Å². The molecule has 2 heterocycles. The van der Waals surface area contributed by atoms with E-state index < -0.39 is 0 Å². The Labute approximate surface area is 137 Å². The molecule has 0 spiro atoms. The second-order valence-corrected chi connectivity index (χ2v) is 6.35. The minimum atomic E-state index is -0.0441. The van der Waals surface area contributed by atoms with Gasteiger partial charge in [0.05, 0.1) is 11.6 Å². The Morgan fingerprint density at radius 2 is 1.46 bits per heavy atom. The van der Waals surface area contributed by atoms with Crippen LogP contribution in [0.5, 0.6) is 0 Å². The summed E-state index contributed by atoms with van der Waals surface area (Å²) in [7, 11) is 0. The van der Waals surface area contributed by atoms with E-state index >= 15 is 0 Å². The molecule has 116 valence electrons. The Kier molecular flexibility index (Phi) is 2.50. The van der Waals surface area contributed by atoms with Crippen LogP contribution in [0.1, 0.15) is 11.1 Å². The molecule has 0 fully saturated rings. The number of hydrogen-bond acceptors (Lipinski definition) is 3. The molecule has 3 aromatic carbocycles. The molecule has 0 radical (unpaired) electrons. The number of furan rings is 1. The van der Waals surface area contributed by atoms with E-state index in [1.165, 1.54) is 0 Å². The molecule has 3 nitrogen and oxygen atoms in total. The van der Waals surface area contributed by atoms with E-state index in [1.54, 1.807) is 6.26 Å². The van der Waals surface area contributed by atoms with Crippen LogP contribution in [0.25, 0.3) is 43.7 Å². The zero-order valence-electron chi connectivity index (χ0n) is 13.3. The third-order valence-electron chi connectivity index (χ3n) is 4.65. The van der Waals surface area contributed by atoms with Gasteiger partial charge in [-0.1, -0.05) is 35.4 Å². The Bertz CT molecular complexity index is 1340. The molecule has 0 aliphatic heterocycles. The summed E-state index contributed by atoms with van der Waals surface area (Å²) in [4.78, 5) is 13.1. The van der Waals surface area contributed by atoms with Crippen LogP contribution >= 0.6 is 0 Å². The van der Waals surface area contributed by atoms with Crippen LogP contribution in [-0.4, -0.2) is 0 Å². The molecule has 0 saturated carbocycles. The van der Waals surface area contributed by atoms with Crippen molar-refractivity contribution >= 4 is 43.7 Å². The molecule has 0 aliphatic carbocycles. The van der Waals surface area contributed by atoms with Gasteiger partial charge in [0.15, 0.2) is 0 Å². The summed E-state index contributed by atoms with van der Waals surface area (Å²) in [6, 6.07) is 13.7. The zero-order chi connectivity index (χ0) is 16.4. The van der Waals surface area contributed by atoms with Gasteiger partial charge in [0, 0.05) is 10.8 Å². The molecule has 0 amide bonds. The molecular weight excluding hydrogens is 300 g/mol. The van der Waals surface area contributed by atoms with Crippen LogP contribution < -0.4 is 5.43 Å². The summed E-state index contributed by atoms with van der Waals surface area (Å²) >= 11 is 0. The summed E-state index contributed by atoms with van der Waals surface area (Å²) in [5, 5.41) is 4.03. The summed E-state index contributed by atoms with van der Waals surface area (Å²) in [6.45, 7) is 4.02. The van der Waals surface area contributed by atoms with Crippen LogP contribution in [-0.2, 0) is 0 Å². The maximum Gasteiger partial charge on any atom is 0.204 e. The lowest BCUT2D eigenvalue weighted by Crippen LogP contribution is -2.03. The van der Waals surface area contributed by atoms with Gasteiger partial charge in [-0.3, -0.25) is 4.79 Å². The highest BCUT2D eigenvalue weighted by atomic mass is 16.3. The van der Waals surface area contributed by atoms with E-state index in [9.17, 15) is 4.79 Å². The molecule has 0 unspecified atom stereocenters. The zero-order valence-corrected chi connectivity index (χ0v) is 13.3. The second kappa shape index (κ2) is 4.48. The fourth-order valence-electron chi connectivity index (χ4n) is 3.50. The van der Waals surface area contributed by atoms with E-state index in [4.69, 9.17) is 8.83 Å². The topological polar surface area (TPSA) is 43.4 Å². The highest BCUT2D eigenvalue weighted by Crippen LogP contribution is 2.36. The van der Waals surface area contributed by atoms with Gasteiger partial charge >= 0.3 is 0 Å². The molecule has 5 rings (SSSR count). The van der Waals surface area contributed by atoms with Crippen LogP contribution in [0.2, 0.25) is 0 Å². The van der Waals surface area contributed by atoms with E-state index in [0.717, 1.165) is 27.3 Å². The highest BCUT2D eigenvalue weighted by Gasteiger charge is 2.18. The van der Waals surface area contributed by atoms with E-state index in [1.807, 2.05) is 43.3 Å². The summed E-state index contributed by atoms with van der Waals surface area (Å²) in [6.07, 6.45) is 1.63. The lowest BCUT2D eigenvalue weighted by Gasteiger charge is -2.08. The van der Waals surface area contributed by atoms with Crippen LogP contribution in [0.4, 0.5) is 0 Å². The van der Waals surface area contributed by atoms with Crippen molar-refractivity contribution in [2.24, 2.45) is 0 Å². The number of benzene rings is 3. The van der Waals surface area contributed by atoms with E-state index in [-0.39, 0.29) is 5.43 Å². The minimum absolute atomic E-state index is 0.0441. The van der Waals surface area contributed by atoms with Gasteiger partial charge in [-0.15, -0.1) is 0 Å². The first kappa shape index (κ1) is 13.4. The Hall–Kier alpha value is -3.07. The monoisotopic (exact) mass is 314 g/mol. The van der Waals surface area contributed by atoms with Gasteiger partial charge in [0.25, 0.3) is 0 Å². The van der Waals surface area contributed by atoms with E-state index in [2.05, 4.69) is 13.0 Å². The molecule has 0 aliphatic rings. The standard InChI is InChI=1S/C21H14O3/c1-11-3-5-13-15(9-11)14-7-8-23-20(14)18-19(22)16-10-12(2)4-6-17(16)24-21(13)18/h3-10H,1-2H3. The van der Waals surface area contributed by atoms with Gasteiger partial charge in [0.2, 0.25) is 5.43 Å². The SMILES string of the molecule is Cc1ccc2oc3c4ccc(C)cc4c4ccoc4c3c(=O)c2c1. The van der Waals surface area contributed by atoms with Crippen molar-refractivity contribution in [1.29, 1.82) is 0 Å². The van der Waals surface area contributed by atoms with Crippen molar-refractivity contribution in [2.75, 3.05) is 0 Å². The Morgan fingerprint density at radius 3 is 2.29 bits per heavy atom. The van der Waals surface area contributed by atoms with Crippen LogP contribution in [0, 0.1) is 13.8 Å². The number of rotatable bonds is 0. The molecule has 0 saturated heterocycles. The first-order chi connectivity index (χ1) is 11.6. The molecule has 5 aromatic rings. The predicted octanol–water partition coefficient (Wildman–Crippen LogP) is 5.46. The van der Waals surface area contributed by atoms with Crippen LogP contribution in [0.15, 0.2) is 62.4 Å². The normalized spacial score (nSPS) is 11.9. The summed E-state index contributed by atoms with van der Waals surface area (Å²) in [5.74, 6) is 0. The quantitative estimate of drug-likeness (QED) is 0.281. The fraction of sp³-hybridized carbons (Fsp3) is 0.0952. The van der Waals surface area contributed by atoms with Crippen molar-refractivity contribution in [2.45, 2.75) is 13.8 Å². The van der Waals surface area contributed by atoms with Gasteiger partial charge in [-0.2, -0.15) is 0 Å². The summed E-state index contributed by atoms with van der Waals surface area (Å²) < 4.78 is 11.8. The molecule has 24 heavy (non-hydrogen) atoms. The Balaban J connectivity index is 2.18. The fourth-order valence-corrected chi connectivity index (χ4v) is 3.50. The smallest absolute Gasteiger partial charge is 0.204 e. The Morgan fingerprint density at radius 1 is 0.750 bits per heavy atom. The minimum Gasteiger partial charge on any atom is -0.463 e. The van der Waals surface area contributed by atoms with Crippen molar-refractivity contribution in [3.05, 3.63) is 70.1 Å². The average Bonchev–Trinajstić information content (AvgIpc) is 3.05. The number of hydrogen-bond donors (Lipinski definition) is 0. The number of fused-ring (bicyclic) bond motifs is 7. The molecule has 2 aromatic heterocycles. The number of aryl methyl sites for hydroxylation is 2. The summed E-state index contributed by atoms with van der Waals surface area (Å²) in [5.41, 5.74) is 3.93. The maximum absolute atomic E-state index is 13.1. The van der Waals surface area contributed by atoms with E-state index in [0.29, 0.717) is 27.5 Å². The molecule has 0 bridgehead atoms. The second-order valence-electron chi connectivity index (χ2n) is 6.35. The lowest BCUT2D eigenvalue weighted by molar-refractivity contribution is 0.617. The van der Waals surface area contributed by atoms with Gasteiger partial charge in [-0.25, -0.2) is 0 Å². The van der Waals surface area contributed by atoms with Crippen molar-refractivity contribution in [3.63, 3.8) is 0 Å². The van der Waals surface area contributed by atoms with Gasteiger partial charge in [-0.05, 0) is 37.4 Å². The average molecular weight is 314 g/mol. The lowest BCUT2D eigenvalue weighted by atomic mass is 9.99. The first-order valence-electron chi connectivity index (χ1n) is 7.90. The predicted molar refractivity (Wildman–Crippen MR) is 96.7 cm³/mol. The van der Waals surface area contributed by atoms with Crippen LogP contribution in [0.3, 0.4) is 0 Å². The molecule has 0 atom stereocenters. The third-order valence-corrected chi connectivity index (χ3v) is 4.65. The molecule has 0 N–H and O–H groups in total. The van der Waals surface area contributed by atoms with Gasteiger partial charge in [0.1, 0.15) is 22.1 Å².